The van der Waals surface area contributed by atoms with Crippen molar-refractivity contribution in [2.75, 3.05) is 0 Å². The maximum absolute atomic E-state index is 0. The third kappa shape index (κ3) is 3650. The monoisotopic (exact) mass is 261 g/mol. The number of hydrogen-bond donors (Lipinski definition) is 9. The van der Waals surface area contributed by atoms with E-state index in [2.05, 4.69) is 0 Å². The van der Waals surface area contributed by atoms with Gasteiger partial charge in [0.05, 0.1) is 0 Å². The minimum Gasteiger partial charge on any atom is -0.344 e. The van der Waals surface area contributed by atoms with E-state index in [-0.39, 0.29) is 92.6 Å². The summed E-state index contributed by atoms with van der Waals surface area (Å²) in [6, 6.07) is 0. The molecule has 27 N–H and O–H groups in total. The Morgan fingerprint density at radius 2 is 0.167 bits per heavy atom. The van der Waals surface area contributed by atoms with Gasteiger partial charge in [0, 0.05) is 0 Å². The lowest BCUT2D eigenvalue weighted by atomic mass is 14.0. The minimum absolute atomic E-state index is 0. The highest BCUT2D eigenvalue weighted by molar-refractivity contribution is 5.86. The first-order valence-corrected chi connectivity index (χ1v) is 0. The summed E-state index contributed by atoms with van der Waals surface area (Å²) >= 11 is 0. The predicted molar refractivity (Wildman–Crippen MR) is 66.9 cm³/mol. The highest BCUT2D eigenvalue weighted by atomic mass is 35.5. The molecule has 12 heteroatoms. The second-order valence-corrected chi connectivity index (χ2v) is 0. The van der Waals surface area contributed by atoms with Crippen LogP contribution in [0, 0.1) is 0 Å². The Morgan fingerprint density at radius 1 is 0.167 bits per heavy atom. The zero-order valence-corrected chi connectivity index (χ0v) is 10.0. The van der Waals surface area contributed by atoms with Crippen LogP contribution < -0.4 is 55.4 Å². The molecule has 0 radical (unpaired) electrons. The molecule has 0 bridgehead atoms. The molecule has 0 aromatic rings. The van der Waals surface area contributed by atoms with Crippen molar-refractivity contribution in [2.45, 2.75) is 0 Å². The Kier molecular flexibility index (Phi) is 2600000. The molecular formula is H30Cl3N9. The lowest BCUT2D eigenvalue weighted by molar-refractivity contribution is 2.13. The van der Waals surface area contributed by atoms with Crippen LogP contribution in [-0.4, -0.2) is 0 Å². The largest absolute Gasteiger partial charge is 0.344 e. The van der Waals surface area contributed by atoms with Gasteiger partial charge >= 0.3 is 0 Å². The molecule has 0 rings (SSSR count). The third-order valence-electron chi connectivity index (χ3n) is 0. The van der Waals surface area contributed by atoms with Crippen LogP contribution in [0.15, 0.2) is 0 Å². The summed E-state index contributed by atoms with van der Waals surface area (Å²) in [6.45, 7) is 0. The van der Waals surface area contributed by atoms with Crippen LogP contribution in [-0.2, 0) is 0 Å². The van der Waals surface area contributed by atoms with Crippen molar-refractivity contribution in [3.8, 4) is 0 Å². The summed E-state index contributed by atoms with van der Waals surface area (Å²) < 4.78 is 0. The molecule has 0 aliphatic heterocycles. The van der Waals surface area contributed by atoms with E-state index >= 15 is 0 Å². The first kappa shape index (κ1) is 6370. The van der Waals surface area contributed by atoms with Crippen LogP contribution >= 0.6 is 37.2 Å². The number of rotatable bonds is 0. The molecule has 0 amide bonds. The van der Waals surface area contributed by atoms with Crippen LogP contribution in [0.25, 0.3) is 0 Å². The molecule has 0 heterocycles. The Balaban J connectivity index is 0. The smallest absolute Gasteiger partial charge is 0.147 e. The predicted octanol–water partition coefficient (Wildman–Crippen LogP) is 2.72. The van der Waals surface area contributed by atoms with Crippen molar-refractivity contribution < 1.29 is 0 Å². The standard InChI is InChI=1S/3ClH.9H3N/h3*1H;9*1H3. The molecule has 96 valence electrons. The second-order valence-electron chi connectivity index (χ2n) is 0. The van der Waals surface area contributed by atoms with E-state index in [1.54, 1.807) is 0 Å². The first-order valence-electron chi connectivity index (χ1n) is 0. The average molecular weight is 263 g/mol. The van der Waals surface area contributed by atoms with Gasteiger partial charge in [-0.05, 0) is 0 Å². The first-order chi connectivity index (χ1) is 0. The molecule has 12 heavy (non-hydrogen) atoms. The maximum Gasteiger partial charge on any atom is -0.147 e. The van der Waals surface area contributed by atoms with Gasteiger partial charge in [-0.15, -0.1) is 37.2 Å². The zero-order valence-electron chi connectivity index (χ0n) is 7.59. The Morgan fingerprint density at radius 3 is 0.167 bits per heavy atom. The molecule has 0 spiro atoms. The molecule has 9 nitrogen and oxygen atoms in total. The fourth-order valence-corrected chi connectivity index (χ4v) is 0. The van der Waals surface area contributed by atoms with Gasteiger partial charge < -0.3 is 55.4 Å². The van der Waals surface area contributed by atoms with Crippen molar-refractivity contribution >= 4 is 37.2 Å². The van der Waals surface area contributed by atoms with Crippen LogP contribution in [0.5, 0.6) is 0 Å². The molecule has 0 aromatic heterocycles. The number of halogens is 3. The average Bonchev–Trinajstić information content (AvgIpc) is 0. The highest BCUT2D eigenvalue weighted by Gasteiger charge is -0.144. The Bertz CT molecular complexity index is 9.74. The van der Waals surface area contributed by atoms with Gasteiger partial charge in [0.2, 0.25) is 0 Å². The highest BCUT2D eigenvalue weighted by Crippen LogP contribution is 0.692. The third-order valence-corrected chi connectivity index (χ3v) is 0. The van der Waals surface area contributed by atoms with E-state index < -0.39 is 0 Å². The normalized spacial score (nSPS) is 0. The van der Waals surface area contributed by atoms with E-state index in [4.69, 9.17) is 0 Å². The summed E-state index contributed by atoms with van der Waals surface area (Å²) in [5, 5.41) is 0. The lowest BCUT2D eigenvalue weighted by Crippen LogP contribution is -0.482. The van der Waals surface area contributed by atoms with Gasteiger partial charge in [-0.25, -0.2) is 0 Å². The fourth-order valence-electron chi connectivity index (χ4n) is 0. The van der Waals surface area contributed by atoms with Crippen molar-refractivity contribution in [3.63, 3.8) is 0 Å². The topological polar surface area (TPSA) is 315 Å². The number of hydrogen-bond acceptors (Lipinski definition) is 9. The Labute approximate surface area is 93.0 Å². The van der Waals surface area contributed by atoms with Crippen LogP contribution in [0.4, 0.5) is 0 Å². The summed E-state index contributed by atoms with van der Waals surface area (Å²) in [5.41, 5.74) is 0. The molecule has 0 aliphatic rings. The SMILES string of the molecule is Cl.Cl.Cl.N.N.N.N.N.N.N.N.N. The van der Waals surface area contributed by atoms with E-state index in [1.165, 1.54) is 0 Å². The minimum atomic E-state index is 0. The lowest BCUT2D eigenvalue weighted by Gasteiger charge is -0.345. The molecule has 0 saturated heterocycles. The van der Waals surface area contributed by atoms with Crippen LogP contribution in [0.2, 0.25) is 0 Å². The molecule has 0 atom stereocenters. The molecule has 0 aliphatic carbocycles. The van der Waals surface area contributed by atoms with Gasteiger partial charge in [0.25, 0.3) is 0 Å². The second kappa shape index (κ2) is 4890. The molecule has 0 fully saturated rings. The van der Waals surface area contributed by atoms with Gasteiger partial charge in [0.15, 0.2) is 0 Å². The van der Waals surface area contributed by atoms with Crippen molar-refractivity contribution in [1.29, 1.82) is 0 Å². The van der Waals surface area contributed by atoms with Crippen molar-refractivity contribution in [1.82, 2.24) is 55.4 Å². The van der Waals surface area contributed by atoms with Gasteiger partial charge in [-0.3, -0.25) is 0 Å². The van der Waals surface area contributed by atoms with E-state index in [0.717, 1.165) is 0 Å². The molecule has 0 saturated carbocycles. The maximum atomic E-state index is 0. The molecular weight excluding hydrogens is 232 g/mol. The van der Waals surface area contributed by atoms with Crippen LogP contribution in [0.3, 0.4) is 0 Å². The summed E-state index contributed by atoms with van der Waals surface area (Å²) in [7, 11) is 0. The molecule has 0 unspecified atom stereocenters. The molecule has 0 aromatic carbocycles. The van der Waals surface area contributed by atoms with Crippen LogP contribution in [0.1, 0.15) is 0 Å². The Hall–Kier alpha value is 0.510. The summed E-state index contributed by atoms with van der Waals surface area (Å²) in [5.74, 6) is 0. The van der Waals surface area contributed by atoms with Gasteiger partial charge in [-0.1, -0.05) is 0 Å². The van der Waals surface area contributed by atoms with E-state index in [0.29, 0.717) is 0 Å². The summed E-state index contributed by atoms with van der Waals surface area (Å²) in [6.07, 6.45) is 0. The summed E-state index contributed by atoms with van der Waals surface area (Å²) in [4.78, 5) is 0. The van der Waals surface area contributed by atoms with Crippen molar-refractivity contribution in [3.05, 3.63) is 0 Å². The zero-order chi connectivity index (χ0) is 0. The van der Waals surface area contributed by atoms with Gasteiger partial charge in [-0.2, -0.15) is 0 Å². The van der Waals surface area contributed by atoms with Crippen molar-refractivity contribution in [2.24, 2.45) is 0 Å². The quantitative estimate of drug-likeness (QED) is 0.309. The fraction of sp³-hybridized carbons (Fsp3) is 0. The van der Waals surface area contributed by atoms with Gasteiger partial charge in [0.1, 0.15) is 0 Å². The van der Waals surface area contributed by atoms with E-state index in [1.807, 2.05) is 0 Å². The van der Waals surface area contributed by atoms with E-state index in [9.17, 15) is 0 Å².